The highest BCUT2D eigenvalue weighted by Crippen LogP contribution is 2.16. The zero-order chi connectivity index (χ0) is 32.0. The van der Waals surface area contributed by atoms with Gasteiger partial charge in [0.05, 0.1) is 0 Å². The summed E-state index contributed by atoms with van der Waals surface area (Å²) in [6, 6.07) is 0. The molecule has 0 aromatic heterocycles. The van der Waals surface area contributed by atoms with E-state index >= 15 is 0 Å². The maximum atomic E-state index is 2.85. The van der Waals surface area contributed by atoms with Gasteiger partial charge in [-0.05, 0) is 44.8 Å². The Kier molecular flexibility index (Phi) is 39.1. The molecule has 0 aromatic rings. The van der Waals surface area contributed by atoms with Crippen molar-refractivity contribution in [3.8, 4) is 0 Å². The van der Waals surface area contributed by atoms with Gasteiger partial charge in [0, 0.05) is 0 Å². The Bertz CT molecular complexity index is 451. The second kappa shape index (κ2) is 39.1. The highest BCUT2D eigenvalue weighted by atomic mass is 15.1. The summed E-state index contributed by atoms with van der Waals surface area (Å²) in [7, 11) is 0. The molecular formula is C43H89N. The molecule has 0 saturated carbocycles. The van der Waals surface area contributed by atoms with E-state index in [9.17, 15) is 0 Å². The van der Waals surface area contributed by atoms with Gasteiger partial charge in [-0.1, -0.05) is 233 Å². The number of unbranched alkanes of at least 4 members (excludes halogenated alkanes) is 31. The van der Waals surface area contributed by atoms with Crippen molar-refractivity contribution in [2.24, 2.45) is 5.92 Å². The van der Waals surface area contributed by atoms with E-state index < -0.39 is 0 Å². The Morgan fingerprint density at radius 2 is 0.477 bits per heavy atom. The number of rotatable bonds is 39. The maximum Gasteiger partial charge on any atom is -0.00187 e. The van der Waals surface area contributed by atoms with Crippen molar-refractivity contribution in [2.45, 2.75) is 252 Å². The van der Waals surface area contributed by atoms with Gasteiger partial charge in [0.25, 0.3) is 0 Å². The molecule has 0 radical (unpaired) electrons. The maximum absolute atomic E-state index is 2.85. The van der Waals surface area contributed by atoms with E-state index in [1.165, 1.54) is 244 Å². The summed E-state index contributed by atoms with van der Waals surface area (Å²) in [5, 5.41) is 0. The first kappa shape index (κ1) is 44.0. The summed E-state index contributed by atoms with van der Waals surface area (Å²) in [6.07, 6.45) is 51.1. The molecule has 0 aliphatic heterocycles. The molecular weight excluding hydrogens is 530 g/mol. The minimum absolute atomic E-state index is 0.877. The average molecular weight is 620 g/mol. The number of hydrogen-bond donors (Lipinski definition) is 0. The minimum Gasteiger partial charge on any atom is -0.303 e. The van der Waals surface area contributed by atoms with E-state index in [4.69, 9.17) is 0 Å². The van der Waals surface area contributed by atoms with Crippen LogP contribution in [-0.2, 0) is 0 Å². The second-order valence-corrected chi connectivity index (χ2v) is 15.3. The summed E-state index contributed by atoms with van der Waals surface area (Å²) < 4.78 is 0. The second-order valence-electron chi connectivity index (χ2n) is 15.3. The zero-order valence-corrected chi connectivity index (χ0v) is 31.9. The fourth-order valence-corrected chi connectivity index (χ4v) is 6.99. The van der Waals surface area contributed by atoms with Gasteiger partial charge in [-0.15, -0.1) is 0 Å². The van der Waals surface area contributed by atoms with Gasteiger partial charge in [-0.2, -0.15) is 0 Å². The Morgan fingerprint density at radius 1 is 0.273 bits per heavy atom. The van der Waals surface area contributed by atoms with Crippen LogP contribution in [0.1, 0.15) is 252 Å². The van der Waals surface area contributed by atoms with E-state index in [2.05, 4.69) is 32.6 Å². The molecule has 0 saturated heterocycles. The van der Waals surface area contributed by atoms with E-state index in [-0.39, 0.29) is 0 Å². The number of nitrogens with zero attached hydrogens (tertiary/aromatic N) is 1. The predicted molar refractivity (Wildman–Crippen MR) is 204 cm³/mol. The Hall–Kier alpha value is -0.0400. The van der Waals surface area contributed by atoms with Gasteiger partial charge in [0.2, 0.25) is 0 Å². The van der Waals surface area contributed by atoms with Crippen LogP contribution in [0.3, 0.4) is 0 Å². The molecule has 0 N–H and O–H groups in total. The van der Waals surface area contributed by atoms with Crippen molar-refractivity contribution in [3.63, 3.8) is 0 Å². The Labute approximate surface area is 282 Å². The third-order valence-electron chi connectivity index (χ3n) is 10.2. The summed E-state index contributed by atoms with van der Waals surface area (Å²) in [4.78, 5) is 2.85. The fourth-order valence-electron chi connectivity index (χ4n) is 6.99. The van der Waals surface area contributed by atoms with Crippen LogP contribution in [0.25, 0.3) is 0 Å². The SMILES string of the molecule is CCCCCCCCCCCCCCCCCN(CCCCCCCCCCCCCCCCC)CCCCCCC(C)C. The van der Waals surface area contributed by atoms with Crippen LogP contribution < -0.4 is 0 Å². The van der Waals surface area contributed by atoms with E-state index in [0.717, 1.165) is 5.92 Å². The molecule has 0 rings (SSSR count). The molecule has 0 aliphatic rings. The zero-order valence-electron chi connectivity index (χ0n) is 31.9. The van der Waals surface area contributed by atoms with Crippen LogP contribution in [0.4, 0.5) is 0 Å². The lowest BCUT2D eigenvalue weighted by atomic mass is 10.0. The molecule has 1 nitrogen and oxygen atoms in total. The molecule has 0 aliphatic carbocycles. The molecule has 0 aromatic carbocycles. The highest BCUT2D eigenvalue weighted by molar-refractivity contribution is 4.61. The van der Waals surface area contributed by atoms with Gasteiger partial charge < -0.3 is 4.90 Å². The summed E-state index contributed by atoms with van der Waals surface area (Å²) in [6.45, 7) is 13.5. The minimum atomic E-state index is 0.877. The first-order valence-corrected chi connectivity index (χ1v) is 21.4. The van der Waals surface area contributed by atoms with E-state index in [1.54, 1.807) is 0 Å². The molecule has 0 unspecified atom stereocenters. The Balaban J connectivity index is 3.79. The van der Waals surface area contributed by atoms with Crippen LogP contribution >= 0.6 is 0 Å². The molecule has 0 atom stereocenters. The van der Waals surface area contributed by atoms with Gasteiger partial charge >= 0.3 is 0 Å². The van der Waals surface area contributed by atoms with Crippen LogP contribution in [0.5, 0.6) is 0 Å². The monoisotopic (exact) mass is 620 g/mol. The summed E-state index contributed by atoms with van der Waals surface area (Å²) in [5.41, 5.74) is 0. The third kappa shape index (κ3) is 38.1. The topological polar surface area (TPSA) is 3.24 Å². The molecule has 0 heterocycles. The smallest absolute Gasteiger partial charge is 0.00187 e. The largest absolute Gasteiger partial charge is 0.303 e. The van der Waals surface area contributed by atoms with Crippen molar-refractivity contribution in [1.82, 2.24) is 4.90 Å². The molecule has 0 amide bonds. The molecule has 0 bridgehead atoms. The first-order valence-electron chi connectivity index (χ1n) is 21.4. The lowest BCUT2D eigenvalue weighted by Gasteiger charge is -2.22. The lowest BCUT2D eigenvalue weighted by molar-refractivity contribution is 0.253. The van der Waals surface area contributed by atoms with E-state index in [0.29, 0.717) is 0 Å². The molecule has 266 valence electrons. The third-order valence-corrected chi connectivity index (χ3v) is 10.2. The molecule has 44 heavy (non-hydrogen) atoms. The van der Waals surface area contributed by atoms with Crippen LogP contribution in [0.2, 0.25) is 0 Å². The molecule has 0 spiro atoms. The fraction of sp³-hybridized carbons (Fsp3) is 1.00. The van der Waals surface area contributed by atoms with Crippen molar-refractivity contribution in [3.05, 3.63) is 0 Å². The van der Waals surface area contributed by atoms with Crippen LogP contribution in [0, 0.1) is 5.92 Å². The normalized spacial score (nSPS) is 11.9. The molecule has 1 heteroatoms. The van der Waals surface area contributed by atoms with E-state index in [1.807, 2.05) is 0 Å². The van der Waals surface area contributed by atoms with Crippen LogP contribution in [-0.4, -0.2) is 24.5 Å². The lowest BCUT2D eigenvalue weighted by Crippen LogP contribution is -2.27. The van der Waals surface area contributed by atoms with Crippen LogP contribution in [0.15, 0.2) is 0 Å². The van der Waals surface area contributed by atoms with Crippen molar-refractivity contribution in [1.29, 1.82) is 0 Å². The standard InChI is InChI=1S/C43H89N/c1-5-7-9-11-13-15-17-19-21-23-25-27-29-32-36-40-44(42-38-34-31-35-39-43(3)4)41-37-33-30-28-26-24-22-20-18-16-14-12-10-8-6-2/h43H,5-42H2,1-4H3. The number of hydrogen-bond acceptors (Lipinski definition) is 1. The summed E-state index contributed by atoms with van der Waals surface area (Å²) >= 11 is 0. The van der Waals surface area contributed by atoms with Crippen molar-refractivity contribution in [2.75, 3.05) is 19.6 Å². The quantitative estimate of drug-likeness (QED) is 0.0619. The van der Waals surface area contributed by atoms with Gasteiger partial charge in [0.1, 0.15) is 0 Å². The first-order chi connectivity index (χ1) is 21.7. The highest BCUT2D eigenvalue weighted by Gasteiger charge is 2.05. The Morgan fingerprint density at radius 3 is 0.705 bits per heavy atom. The molecule has 0 fully saturated rings. The van der Waals surface area contributed by atoms with Gasteiger partial charge in [-0.3, -0.25) is 0 Å². The average Bonchev–Trinajstić information content (AvgIpc) is 3.02. The van der Waals surface area contributed by atoms with Crippen molar-refractivity contribution >= 4 is 0 Å². The van der Waals surface area contributed by atoms with Gasteiger partial charge in [0.15, 0.2) is 0 Å². The van der Waals surface area contributed by atoms with Crippen molar-refractivity contribution < 1.29 is 0 Å². The predicted octanol–water partition coefficient (Wildman–Crippen LogP) is 15.6. The summed E-state index contributed by atoms with van der Waals surface area (Å²) in [5.74, 6) is 0.877. The van der Waals surface area contributed by atoms with Gasteiger partial charge in [-0.25, -0.2) is 0 Å².